The van der Waals surface area contributed by atoms with Crippen LogP contribution in [0.4, 0.5) is 13.2 Å². The molecule has 0 aromatic heterocycles. The van der Waals surface area contributed by atoms with Gasteiger partial charge >= 0.3 is 12.1 Å². The van der Waals surface area contributed by atoms with Crippen LogP contribution in [0.2, 0.25) is 0 Å². The fourth-order valence-electron chi connectivity index (χ4n) is 0.713. The predicted octanol–water partition coefficient (Wildman–Crippen LogP) is 0.871. The van der Waals surface area contributed by atoms with Gasteiger partial charge in [-0.2, -0.15) is 13.2 Å². The van der Waals surface area contributed by atoms with Crippen molar-refractivity contribution < 1.29 is 27.9 Å². The summed E-state index contributed by atoms with van der Waals surface area (Å²) in [5, 5.41) is 10.6. The lowest BCUT2D eigenvalue weighted by Gasteiger charge is -2.13. The molecule has 0 bridgehead atoms. The van der Waals surface area contributed by atoms with Crippen LogP contribution in [-0.2, 0) is 9.59 Å². The van der Waals surface area contributed by atoms with Crippen molar-refractivity contribution in [3.63, 3.8) is 0 Å². The molecule has 0 spiro atoms. The number of carboxylic acids is 1. The van der Waals surface area contributed by atoms with E-state index in [-0.39, 0.29) is 5.75 Å². The van der Waals surface area contributed by atoms with Gasteiger partial charge in [0.2, 0.25) is 5.91 Å². The molecule has 0 rings (SSSR count). The molecule has 0 saturated heterocycles. The summed E-state index contributed by atoms with van der Waals surface area (Å²) < 4.78 is 35.1. The molecule has 1 atom stereocenters. The van der Waals surface area contributed by atoms with Gasteiger partial charge in [0.15, 0.2) is 0 Å². The van der Waals surface area contributed by atoms with Gasteiger partial charge in [0.1, 0.15) is 6.04 Å². The van der Waals surface area contributed by atoms with Crippen molar-refractivity contribution in [3.8, 4) is 0 Å². The van der Waals surface area contributed by atoms with E-state index in [1.165, 1.54) is 0 Å². The van der Waals surface area contributed by atoms with Crippen LogP contribution in [-0.4, -0.2) is 40.7 Å². The molecule has 8 heteroatoms. The Labute approximate surface area is 88.2 Å². The third-order valence-corrected chi connectivity index (χ3v) is 2.33. The van der Waals surface area contributed by atoms with Gasteiger partial charge in [-0.25, -0.2) is 4.79 Å². The van der Waals surface area contributed by atoms with Crippen LogP contribution in [0.3, 0.4) is 0 Å². The van der Waals surface area contributed by atoms with E-state index in [1.807, 2.05) is 5.32 Å². The second-order valence-electron chi connectivity index (χ2n) is 2.72. The Morgan fingerprint density at radius 1 is 1.47 bits per heavy atom. The summed E-state index contributed by atoms with van der Waals surface area (Å²) >= 11 is 0.418. The number of amides is 1. The number of thioether (sulfide) groups is 1. The minimum Gasteiger partial charge on any atom is -0.480 e. The van der Waals surface area contributed by atoms with Crippen molar-refractivity contribution in [2.45, 2.75) is 19.1 Å². The maximum Gasteiger partial charge on any atom is 0.397 e. The lowest BCUT2D eigenvalue weighted by Crippen LogP contribution is -2.41. The van der Waals surface area contributed by atoms with Gasteiger partial charge in [-0.1, -0.05) is 0 Å². The summed E-state index contributed by atoms with van der Waals surface area (Å²) in [5.41, 5.74) is 0. The van der Waals surface area contributed by atoms with Crippen LogP contribution in [0.5, 0.6) is 0 Å². The number of hydrogen-bond acceptors (Lipinski definition) is 3. The highest BCUT2D eigenvalue weighted by Gasteiger charge is 2.28. The molecular weight excluding hydrogens is 235 g/mol. The second-order valence-corrected chi connectivity index (χ2v) is 3.75. The minimum atomic E-state index is -4.33. The van der Waals surface area contributed by atoms with Crippen molar-refractivity contribution in [1.82, 2.24) is 5.32 Å². The normalized spacial score (nSPS) is 13.3. The average Bonchev–Trinajstić information content (AvgIpc) is 1.99. The van der Waals surface area contributed by atoms with Crippen molar-refractivity contribution in [2.75, 3.05) is 11.5 Å². The highest BCUT2D eigenvalue weighted by atomic mass is 32.2. The fraction of sp³-hybridized carbons (Fsp3) is 0.714. The van der Waals surface area contributed by atoms with Crippen LogP contribution >= 0.6 is 11.8 Å². The lowest BCUT2D eigenvalue weighted by atomic mass is 10.3. The topological polar surface area (TPSA) is 66.4 Å². The molecule has 2 N–H and O–H groups in total. The fourth-order valence-corrected chi connectivity index (χ4v) is 1.52. The molecule has 15 heavy (non-hydrogen) atoms. The maximum absolute atomic E-state index is 11.7. The smallest absolute Gasteiger partial charge is 0.397 e. The summed E-state index contributed by atoms with van der Waals surface area (Å²) in [6, 6.07) is -1.28. The van der Waals surface area contributed by atoms with Gasteiger partial charge in [-0.05, 0) is 0 Å². The number of hydrogen-bond donors (Lipinski definition) is 2. The van der Waals surface area contributed by atoms with Gasteiger partial charge in [-0.15, -0.1) is 11.8 Å². The molecule has 4 nitrogen and oxygen atoms in total. The molecule has 0 aromatic rings. The number of carbonyl (C=O) groups is 2. The number of rotatable bonds is 5. The van der Waals surface area contributed by atoms with E-state index in [2.05, 4.69) is 0 Å². The molecule has 88 valence electrons. The van der Waals surface area contributed by atoms with Gasteiger partial charge < -0.3 is 10.4 Å². The third-order valence-electron chi connectivity index (χ3n) is 1.23. The van der Waals surface area contributed by atoms with E-state index >= 15 is 0 Å². The first kappa shape index (κ1) is 14.1. The zero-order valence-corrected chi connectivity index (χ0v) is 8.61. The molecule has 0 saturated carbocycles. The lowest BCUT2D eigenvalue weighted by molar-refractivity contribution is -0.140. The van der Waals surface area contributed by atoms with E-state index in [0.717, 1.165) is 6.92 Å². The SMILES string of the molecule is CC(=O)NC(CSCC(F)(F)F)C(=O)O. The van der Waals surface area contributed by atoms with Crippen molar-refractivity contribution in [1.29, 1.82) is 0 Å². The first-order valence-electron chi connectivity index (χ1n) is 3.87. The van der Waals surface area contributed by atoms with Gasteiger partial charge in [-0.3, -0.25) is 4.79 Å². The van der Waals surface area contributed by atoms with E-state index in [9.17, 15) is 22.8 Å². The largest absolute Gasteiger partial charge is 0.480 e. The highest BCUT2D eigenvalue weighted by Crippen LogP contribution is 2.21. The summed E-state index contributed by atoms with van der Waals surface area (Å²) in [4.78, 5) is 21.0. The third kappa shape index (κ3) is 8.10. The van der Waals surface area contributed by atoms with Crippen LogP contribution in [0, 0.1) is 0 Å². The summed E-state index contributed by atoms with van der Waals surface area (Å²) in [6.45, 7) is 1.10. The van der Waals surface area contributed by atoms with Gasteiger partial charge in [0, 0.05) is 12.7 Å². The van der Waals surface area contributed by atoms with Crippen LogP contribution in [0.15, 0.2) is 0 Å². The molecular formula is C7H10F3NO3S. The summed E-state index contributed by atoms with van der Waals surface area (Å²) in [6.07, 6.45) is -4.33. The molecule has 1 amide bonds. The Kier molecular flexibility index (Phi) is 5.48. The van der Waals surface area contributed by atoms with Crippen molar-refractivity contribution in [2.24, 2.45) is 0 Å². The molecule has 0 fully saturated rings. The average molecular weight is 245 g/mol. The van der Waals surface area contributed by atoms with Crippen LogP contribution < -0.4 is 5.32 Å². The first-order valence-corrected chi connectivity index (χ1v) is 5.02. The quantitative estimate of drug-likeness (QED) is 0.754. The number of carboxylic acid groups (broad SMARTS) is 1. The zero-order valence-electron chi connectivity index (χ0n) is 7.80. The van der Waals surface area contributed by atoms with Gasteiger partial charge in [0.05, 0.1) is 5.75 Å². The van der Waals surface area contributed by atoms with Crippen LogP contribution in [0.1, 0.15) is 6.92 Å². The number of alkyl halides is 3. The summed E-state index contributed by atoms with van der Waals surface area (Å²) in [5.74, 6) is -3.37. The number of carbonyl (C=O) groups excluding carboxylic acids is 1. The zero-order chi connectivity index (χ0) is 12.1. The molecule has 0 aliphatic heterocycles. The van der Waals surface area contributed by atoms with E-state index in [1.54, 1.807) is 0 Å². The minimum absolute atomic E-state index is 0.311. The Bertz CT molecular complexity index is 244. The molecule has 0 aliphatic carbocycles. The maximum atomic E-state index is 11.7. The predicted molar refractivity (Wildman–Crippen MR) is 48.6 cm³/mol. The Hall–Kier alpha value is -0.920. The Balaban J connectivity index is 3.98. The Morgan fingerprint density at radius 2 is 2.00 bits per heavy atom. The molecule has 0 aromatic carbocycles. The summed E-state index contributed by atoms with van der Waals surface area (Å²) in [7, 11) is 0. The van der Waals surface area contributed by atoms with E-state index in [4.69, 9.17) is 5.11 Å². The molecule has 0 radical (unpaired) electrons. The van der Waals surface area contributed by atoms with Gasteiger partial charge in [0.25, 0.3) is 0 Å². The second kappa shape index (κ2) is 5.84. The number of nitrogens with one attached hydrogen (secondary N) is 1. The molecule has 1 unspecified atom stereocenters. The van der Waals surface area contributed by atoms with E-state index < -0.39 is 29.8 Å². The Morgan fingerprint density at radius 3 is 2.33 bits per heavy atom. The van der Waals surface area contributed by atoms with Crippen molar-refractivity contribution in [3.05, 3.63) is 0 Å². The monoisotopic (exact) mass is 245 g/mol. The standard InChI is InChI=1S/C7H10F3NO3S/c1-4(12)11-5(6(13)14)2-15-3-7(8,9)10/h5H,2-3H2,1H3,(H,11,12)(H,13,14). The molecule has 0 aliphatic rings. The first-order chi connectivity index (χ1) is 6.72. The number of halogens is 3. The van der Waals surface area contributed by atoms with Crippen LogP contribution in [0.25, 0.3) is 0 Å². The highest BCUT2D eigenvalue weighted by molar-refractivity contribution is 7.99. The van der Waals surface area contributed by atoms with Crippen molar-refractivity contribution >= 4 is 23.6 Å². The molecule has 0 heterocycles. The number of aliphatic carboxylic acids is 1. The van der Waals surface area contributed by atoms with E-state index in [0.29, 0.717) is 11.8 Å².